The van der Waals surface area contributed by atoms with Gasteiger partial charge in [-0.15, -0.1) is 0 Å². The lowest BCUT2D eigenvalue weighted by Crippen LogP contribution is -2.51. The maximum Gasteiger partial charge on any atom is 0.264 e. The minimum atomic E-state index is -4.24. The van der Waals surface area contributed by atoms with E-state index in [-0.39, 0.29) is 39.0 Å². The Labute approximate surface area is 247 Å². The third kappa shape index (κ3) is 7.77. The van der Waals surface area contributed by atoms with Gasteiger partial charge in [0.2, 0.25) is 11.8 Å². The standard InChI is InChI=1S/C30H35Cl2N3O4S/c1-20(2)17-33-30(37)23(5)34(18-24-9-6-8-22(4)16-24)28(36)19-35(27-11-7-10-26(31)29(27)32)40(38,39)25-14-12-21(3)13-15-25/h6-16,20,23H,17-19H2,1-5H3,(H,33,37)/t23-/m0/s1. The number of hydrogen-bond acceptors (Lipinski definition) is 4. The second-order valence-corrected chi connectivity index (χ2v) is 12.9. The van der Waals surface area contributed by atoms with Crippen LogP contribution in [0.5, 0.6) is 0 Å². The highest BCUT2D eigenvalue weighted by molar-refractivity contribution is 7.92. The summed E-state index contributed by atoms with van der Waals surface area (Å²) in [7, 11) is -4.24. The monoisotopic (exact) mass is 603 g/mol. The SMILES string of the molecule is Cc1ccc(S(=O)(=O)N(CC(=O)N(Cc2cccc(C)c2)[C@@H](C)C(=O)NCC(C)C)c2cccc(Cl)c2Cl)cc1. The quantitative estimate of drug-likeness (QED) is 0.291. The predicted molar refractivity (Wildman–Crippen MR) is 161 cm³/mol. The van der Waals surface area contributed by atoms with Crippen molar-refractivity contribution in [3.8, 4) is 0 Å². The molecule has 0 bridgehead atoms. The van der Waals surface area contributed by atoms with Crippen LogP contribution in [0, 0.1) is 19.8 Å². The molecule has 214 valence electrons. The minimum absolute atomic E-state index is 0.000567. The van der Waals surface area contributed by atoms with E-state index in [1.807, 2.05) is 52.0 Å². The van der Waals surface area contributed by atoms with E-state index >= 15 is 0 Å². The summed E-state index contributed by atoms with van der Waals surface area (Å²) in [5.41, 5.74) is 2.75. The van der Waals surface area contributed by atoms with Gasteiger partial charge < -0.3 is 10.2 Å². The van der Waals surface area contributed by atoms with Crippen LogP contribution in [0.1, 0.15) is 37.5 Å². The summed E-state index contributed by atoms with van der Waals surface area (Å²) in [6.45, 7) is 9.33. The highest BCUT2D eigenvalue weighted by atomic mass is 35.5. The van der Waals surface area contributed by atoms with Crippen LogP contribution in [0.4, 0.5) is 5.69 Å². The van der Waals surface area contributed by atoms with E-state index in [1.54, 1.807) is 25.1 Å². The van der Waals surface area contributed by atoms with Gasteiger partial charge in [0.15, 0.2) is 0 Å². The molecule has 1 atom stereocenters. The van der Waals surface area contributed by atoms with Gasteiger partial charge in [-0.3, -0.25) is 13.9 Å². The van der Waals surface area contributed by atoms with Gasteiger partial charge in [0, 0.05) is 13.1 Å². The lowest BCUT2D eigenvalue weighted by Gasteiger charge is -2.32. The first-order chi connectivity index (χ1) is 18.8. The van der Waals surface area contributed by atoms with E-state index in [2.05, 4.69) is 5.32 Å². The normalized spacial score (nSPS) is 12.2. The summed E-state index contributed by atoms with van der Waals surface area (Å²) in [5, 5.41) is 3.02. The Morgan fingerprint density at radius 3 is 2.17 bits per heavy atom. The van der Waals surface area contributed by atoms with E-state index in [4.69, 9.17) is 23.2 Å². The fourth-order valence-corrected chi connectivity index (χ4v) is 5.95. The maximum atomic E-state index is 14.0. The Morgan fingerprint density at radius 1 is 0.900 bits per heavy atom. The van der Waals surface area contributed by atoms with E-state index in [1.165, 1.54) is 29.2 Å². The number of anilines is 1. The topological polar surface area (TPSA) is 86.8 Å². The molecule has 0 aliphatic carbocycles. The molecule has 3 aromatic rings. The third-order valence-electron chi connectivity index (χ3n) is 6.37. The van der Waals surface area contributed by atoms with Gasteiger partial charge in [-0.05, 0) is 56.5 Å². The Morgan fingerprint density at radius 2 is 1.55 bits per heavy atom. The maximum absolute atomic E-state index is 14.0. The van der Waals surface area contributed by atoms with Crippen molar-refractivity contribution in [2.24, 2.45) is 5.92 Å². The number of aryl methyl sites for hydroxylation is 2. The van der Waals surface area contributed by atoms with Crippen molar-refractivity contribution in [1.82, 2.24) is 10.2 Å². The molecule has 0 aliphatic heterocycles. The van der Waals surface area contributed by atoms with Crippen LogP contribution in [-0.2, 0) is 26.2 Å². The van der Waals surface area contributed by atoms with E-state index in [9.17, 15) is 18.0 Å². The van der Waals surface area contributed by atoms with Crippen LogP contribution >= 0.6 is 23.2 Å². The molecular formula is C30H35Cl2N3O4S. The summed E-state index contributed by atoms with van der Waals surface area (Å²) in [6.07, 6.45) is 0. The zero-order chi connectivity index (χ0) is 29.6. The average Bonchev–Trinajstić information content (AvgIpc) is 2.90. The summed E-state index contributed by atoms with van der Waals surface area (Å²) >= 11 is 12.7. The largest absolute Gasteiger partial charge is 0.354 e. The first-order valence-electron chi connectivity index (χ1n) is 13.0. The summed E-state index contributed by atoms with van der Waals surface area (Å²) < 4.78 is 28.8. The van der Waals surface area contributed by atoms with Crippen molar-refractivity contribution < 1.29 is 18.0 Å². The molecule has 3 rings (SSSR count). The van der Waals surface area contributed by atoms with Crippen molar-refractivity contribution in [3.05, 3.63) is 93.5 Å². The Balaban J connectivity index is 2.06. The van der Waals surface area contributed by atoms with Crippen molar-refractivity contribution in [1.29, 1.82) is 0 Å². The number of halogens is 2. The molecule has 0 spiro atoms. The van der Waals surface area contributed by atoms with E-state index < -0.39 is 28.5 Å². The predicted octanol–water partition coefficient (Wildman–Crippen LogP) is 6.00. The molecule has 0 aromatic heterocycles. The van der Waals surface area contributed by atoms with Gasteiger partial charge in [-0.2, -0.15) is 0 Å². The molecule has 0 unspecified atom stereocenters. The van der Waals surface area contributed by atoms with Gasteiger partial charge >= 0.3 is 0 Å². The number of carbonyl (C=O) groups is 2. The van der Waals surface area contributed by atoms with Gasteiger partial charge in [0.25, 0.3) is 10.0 Å². The molecule has 0 aliphatic rings. The molecule has 7 nitrogen and oxygen atoms in total. The first-order valence-corrected chi connectivity index (χ1v) is 15.2. The second kappa shape index (κ2) is 13.5. The number of nitrogens with one attached hydrogen (secondary N) is 1. The highest BCUT2D eigenvalue weighted by Crippen LogP contribution is 2.35. The molecule has 3 aromatic carbocycles. The molecule has 0 radical (unpaired) electrons. The van der Waals surface area contributed by atoms with Crippen molar-refractivity contribution in [2.45, 2.75) is 52.1 Å². The number of sulfonamides is 1. The minimum Gasteiger partial charge on any atom is -0.354 e. The molecule has 1 N–H and O–H groups in total. The highest BCUT2D eigenvalue weighted by Gasteiger charge is 2.33. The molecule has 40 heavy (non-hydrogen) atoms. The van der Waals surface area contributed by atoms with Crippen LogP contribution < -0.4 is 9.62 Å². The second-order valence-electron chi connectivity index (χ2n) is 10.2. The van der Waals surface area contributed by atoms with Crippen molar-refractivity contribution in [3.63, 3.8) is 0 Å². The molecule has 2 amide bonds. The molecule has 0 saturated heterocycles. The number of amides is 2. The number of nitrogens with zero attached hydrogens (tertiary/aromatic N) is 2. The fourth-order valence-electron chi connectivity index (χ4n) is 4.08. The number of hydrogen-bond donors (Lipinski definition) is 1. The van der Waals surface area contributed by atoms with Crippen molar-refractivity contribution in [2.75, 3.05) is 17.4 Å². The Kier molecular flexibility index (Phi) is 10.6. The lowest BCUT2D eigenvalue weighted by atomic mass is 10.1. The van der Waals surface area contributed by atoms with Crippen LogP contribution in [0.15, 0.2) is 71.6 Å². The Bertz CT molecular complexity index is 1460. The molecule has 0 fully saturated rings. The van der Waals surface area contributed by atoms with Crippen LogP contribution in [-0.4, -0.2) is 44.3 Å². The summed E-state index contributed by atoms with van der Waals surface area (Å²) in [6, 6.07) is 17.6. The first kappa shape index (κ1) is 31.5. The van der Waals surface area contributed by atoms with Gasteiger partial charge in [-0.1, -0.05) is 90.6 Å². The lowest BCUT2D eigenvalue weighted by molar-refractivity contribution is -0.139. The molecular weight excluding hydrogens is 569 g/mol. The fraction of sp³-hybridized carbons (Fsp3) is 0.333. The van der Waals surface area contributed by atoms with Gasteiger partial charge in [0.1, 0.15) is 12.6 Å². The van der Waals surface area contributed by atoms with Gasteiger partial charge in [-0.25, -0.2) is 8.42 Å². The molecule has 0 heterocycles. The Hall–Kier alpha value is -3.07. The molecule has 10 heteroatoms. The van der Waals surface area contributed by atoms with E-state index in [0.717, 1.165) is 21.0 Å². The third-order valence-corrected chi connectivity index (χ3v) is 8.96. The van der Waals surface area contributed by atoms with Crippen LogP contribution in [0.25, 0.3) is 0 Å². The smallest absolute Gasteiger partial charge is 0.264 e. The summed E-state index contributed by atoms with van der Waals surface area (Å²) in [4.78, 5) is 28.5. The number of carbonyl (C=O) groups excluding carboxylic acids is 2. The number of rotatable bonds is 11. The van der Waals surface area contributed by atoms with E-state index in [0.29, 0.717) is 6.54 Å². The number of benzene rings is 3. The van der Waals surface area contributed by atoms with Gasteiger partial charge in [0.05, 0.1) is 20.6 Å². The van der Waals surface area contributed by atoms with Crippen LogP contribution in [0.2, 0.25) is 10.0 Å². The molecule has 0 saturated carbocycles. The van der Waals surface area contributed by atoms with Crippen molar-refractivity contribution >= 4 is 50.7 Å². The average molecular weight is 605 g/mol. The zero-order valence-corrected chi connectivity index (χ0v) is 25.6. The van der Waals surface area contributed by atoms with Crippen LogP contribution in [0.3, 0.4) is 0 Å². The zero-order valence-electron chi connectivity index (χ0n) is 23.3. The summed E-state index contributed by atoms with van der Waals surface area (Å²) in [5.74, 6) is -0.680.